The molecule has 0 spiro atoms. The highest BCUT2D eigenvalue weighted by atomic mass is 16.4. The predicted molar refractivity (Wildman–Crippen MR) is 47.0 cm³/mol. The fourth-order valence-electron chi connectivity index (χ4n) is 0.847. The monoisotopic (exact) mass is 170 g/mol. The minimum absolute atomic E-state index is 0.0185. The summed E-state index contributed by atoms with van der Waals surface area (Å²) in [7, 11) is 0. The first-order chi connectivity index (χ1) is 5.72. The summed E-state index contributed by atoms with van der Waals surface area (Å²) >= 11 is 0. The van der Waals surface area contributed by atoms with Gasteiger partial charge in [-0.3, -0.25) is 0 Å². The van der Waals surface area contributed by atoms with E-state index in [1.165, 1.54) is 6.08 Å². The number of carboxylic acid groups (broad SMARTS) is 1. The van der Waals surface area contributed by atoms with Crippen LogP contribution < -0.4 is 0 Å². The van der Waals surface area contributed by atoms with Crippen LogP contribution in [0.15, 0.2) is 23.5 Å². The normalized spacial score (nSPS) is 15.2. The molecule has 0 aromatic carbocycles. The lowest BCUT2D eigenvalue weighted by Crippen LogP contribution is -2.04. The molecule has 1 aliphatic carbocycles. The summed E-state index contributed by atoms with van der Waals surface area (Å²) in [4.78, 5) is 10.3. The van der Waals surface area contributed by atoms with Crippen molar-refractivity contribution in [2.45, 2.75) is 26.7 Å². The van der Waals surface area contributed by atoms with Gasteiger partial charge in [-0.25, -0.2) is 4.79 Å². The molecule has 0 fully saturated rings. The molecule has 0 aromatic rings. The molecule has 0 saturated heterocycles. The molecule has 0 amide bonds. The van der Waals surface area contributed by atoms with Crippen molar-refractivity contribution < 1.29 is 15.0 Å². The number of aliphatic carboxylic acids is 1. The predicted octanol–water partition coefficient (Wildman–Crippen LogP) is 2.26. The second-order valence-corrected chi connectivity index (χ2v) is 2.11. The van der Waals surface area contributed by atoms with Crippen LogP contribution in [0.25, 0.3) is 0 Å². The maximum atomic E-state index is 10.3. The van der Waals surface area contributed by atoms with E-state index in [9.17, 15) is 4.79 Å². The van der Waals surface area contributed by atoms with E-state index >= 15 is 0 Å². The van der Waals surface area contributed by atoms with Gasteiger partial charge in [0.15, 0.2) is 0 Å². The van der Waals surface area contributed by atoms with Gasteiger partial charge in [0.05, 0.1) is 5.57 Å². The number of aliphatic hydroxyl groups excluding tert-OH is 1. The minimum Gasteiger partial charge on any atom is -0.511 e. The molecule has 68 valence electrons. The highest BCUT2D eigenvalue weighted by molar-refractivity contribution is 5.90. The van der Waals surface area contributed by atoms with Gasteiger partial charge in [-0.2, -0.15) is 0 Å². The number of allylic oxidation sites excluding steroid dienone is 2. The molecule has 3 heteroatoms. The summed E-state index contributed by atoms with van der Waals surface area (Å²) in [6.07, 6.45) is 4.34. The molecule has 0 saturated carbocycles. The molecule has 2 N–H and O–H groups in total. The van der Waals surface area contributed by atoms with Crippen molar-refractivity contribution >= 4 is 5.97 Å². The Bertz CT molecular complexity index is 214. The molecule has 0 radical (unpaired) electrons. The fourth-order valence-corrected chi connectivity index (χ4v) is 0.847. The van der Waals surface area contributed by atoms with Crippen LogP contribution in [0.1, 0.15) is 26.7 Å². The zero-order valence-corrected chi connectivity index (χ0v) is 7.37. The minimum atomic E-state index is -1.06. The van der Waals surface area contributed by atoms with Crippen LogP contribution in [0.2, 0.25) is 0 Å². The van der Waals surface area contributed by atoms with E-state index in [0.29, 0.717) is 6.42 Å². The molecule has 12 heavy (non-hydrogen) atoms. The number of carbonyl (C=O) groups is 1. The molecular formula is C9H14O3. The summed E-state index contributed by atoms with van der Waals surface area (Å²) in [6, 6.07) is 0. The summed E-state index contributed by atoms with van der Waals surface area (Å²) in [5, 5.41) is 17.4. The van der Waals surface area contributed by atoms with Crippen molar-refractivity contribution in [3.05, 3.63) is 23.5 Å². The number of hydrogen-bond donors (Lipinski definition) is 2. The first-order valence-electron chi connectivity index (χ1n) is 4.04. The van der Waals surface area contributed by atoms with Gasteiger partial charge in [-0.1, -0.05) is 19.9 Å². The third-order valence-corrected chi connectivity index (χ3v) is 1.37. The summed E-state index contributed by atoms with van der Waals surface area (Å²) in [6.45, 7) is 4.00. The van der Waals surface area contributed by atoms with Gasteiger partial charge >= 0.3 is 5.97 Å². The Labute approximate surface area is 72.0 Å². The second kappa shape index (κ2) is 5.41. The maximum Gasteiger partial charge on any atom is 0.339 e. The Kier molecular flexibility index (Phi) is 4.84. The van der Waals surface area contributed by atoms with Gasteiger partial charge in [-0.05, 0) is 12.5 Å². The smallest absolute Gasteiger partial charge is 0.339 e. The van der Waals surface area contributed by atoms with Crippen molar-refractivity contribution in [2.75, 3.05) is 0 Å². The van der Waals surface area contributed by atoms with E-state index in [4.69, 9.17) is 10.2 Å². The van der Waals surface area contributed by atoms with Crippen LogP contribution in [0, 0.1) is 0 Å². The van der Waals surface area contributed by atoms with Gasteiger partial charge in [0.2, 0.25) is 0 Å². The van der Waals surface area contributed by atoms with Gasteiger partial charge in [0, 0.05) is 6.42 Å². The lowest BCUT2D eigenvalue weighted by Gasteiger charge is -2.05. The maximum absolute atomic E-state index is 10.3. The molecular weight excluding hydrogens is 156 g/mol. The van der Waals surface area contributed by atoms with Crippen molar-refractivity contribution in [2.24, 2.45) is 0 Å². The Hall–Kier alpha value is -1.25. The third-order valence-electron chi connectivity index (χ3n) is 1.37. The van der Waals surface area contributed by atoms with Crippen molar-refractivity contribution in [3.8, 4) is 0 Å². The van der Waals surface area contributed by atoms with Crippen LogP contribution in [0.4, 0.5) is 0 Å². The Balaban J connectivity index is 0.000000561. The number of carboxylic acids is 1. The molecule has 0 bridgehead atoms. The second-order valence-electron chi connectivity index (χ2n) is 2.11. The van der Waals surface area contributed by atoms with E-state index in [1.807, 2.05) is 13.8 Å². The van der Waals surface area contributed by atoms with Crippen LogP contribution in [0.3, 0.4) is 0 Å². The Morgan fingerprint density at radius 1 is 1.50 bits per heavy atom. The number of hydrogen-bond acceptors (Lipinski definition) is 2. The van der Waals surface area contributed by atoms with E-state index in [1.54, 1.807) is 6.08 Å². The van der Waals surface area contributed by atoms with Gasteiger partial charge in [0.1, 0.15) is 5.76 Å². The Morgan fingerprint density at radius 3 is 2.42 bits per heavy atom. The van der Waals surface area contributed by atoms with Crippen molar-refractivity contribution in [3.63, 3.8) is 0 Å². The average Bonchev–Trinajstić information content (AvgIpc) is 2.08. The molecule has 1 rings (SSSR count). The topological polar surface area (TPSA) is 57.5 Å². The van der Waals surface area contributed by atoms with Crippen LogP contribution in [-0.4, -0.2) is 16.2 Å². The zero-order valence-electron chi connectivity index (χ0n) is 7.37. The summed E-state index contributed by atoms with van der Waals surface area (Å²) in [5.41, 5.74) is 0.0197. The van der Waals surface area contributed by atoms with Gasteiger partial charge in [-0.15, -0.1) is 0 Å². The summed E-state index contributed by atoms with van der Waals surface area (Å²) in [5.74, 6) is -1.08. The van der Waals surface area contributed by atoms with E-state index < -0.39 is 5.97 Å². The number of rotatable bonds is 1. The molecule has 1 aliphatic rings. The first kappa shape index (κ1) is 10.8. The van der Waals surface area contributed by atoms with Gasteiger partial charge < -0.3 is 10.2 Å². The standard InChI is InChI=1S/C7H8O3.C2H6/c8-6-4-2-1-3-5(6)7(9)10;1-2/h1,3,8H,2,4H2,(H,9,10);1-2H3. The highest BCUT2D eigenvalue weighted by Crippen LogP contribution is 2.15. The molecule has 0 aromatic heterocycles. The van der Waals surface area contributed by atoms with Crippen molar-refractivity contribution in [1.29, 1.82) is 0 Å². The van der Waals surface area contributed by atoms with E-state index in [0.717, 1.165) is 6.42 Å². The highest BCUT2D eigenvalue weighted by Gasteiger charge is 2.12. The third kappa shape index (κ3) is 2.78. The number of aliphatic hydroxyl groups is 1. The first-order valence-corrected chi connectivity index (χ1v) is 4.04. The van der Waals surface area contributed by atoms with Crippen LogP contribution in [-0.2, 0) is 4.79 Å². The van der Waals surface area contributed by atoms with Gasteiger partial charge in [0.25, 0.3) is 0 Å². The molecule has 0 aliphatic heterocycles. The lowest BCUT2D eigenvalue weighted by molar-refractivity contribution is -0.132. The largest absolute Gasteiger partial charge is 0.511 e. The molecule has 0 heterocycles. The molecule has 3 nitrogen and oxygen atoms in total. The fraction of sp³-hybridized carbons (Fsp3) is 0.444. The quantitative estimate of drug-likeness (QED) is 0.634. The molecule has 0 unspecified atom stereocenters. The summed E-state index contributed by atoms with van der Waals surface area (Å²) < 4.78 is 0. The average molecular weight is 170 g/mol. The van der Waals surface area contributed by atoms with Crippen LogP contribution in [0.5, 0.6) is 0 Å². The van der Waals surface area contributed by atoms with E-state index in [2.05, 4.69) is 0 Å². The van der Waals surface area contributed by atoms with E-state index in [-0.39, 0.29) is 11.3 Å². The molecule has 0 atom stereocenters. The SMILES string of the molecule is CC.O=C(O)C1=C(O)CCC=C1. The zero-order chi connectivity index (χ0) is 9.56. The van der Waals surface area contributed by atoms with Crippen molar-refractivity contribution in [1.82, 2.24) is 0 Å². The lowest BCUT2D eigenvalue weighted by atomic mass is 10.1. The van der Waals surface area contributed by atoms with Crippen LogP contribution >= 0.6 is 0 Å². The Morgan fingerprint density at radius 2 is 2.08 bits per heavy atom.